The van der Waals surface area contributed by atoms with Gasteiger partial charge in [-0.15, -0.1) is 0 Å². The van der Waals surface area contributed by atoms with Crippen molar-refractivity contribution in [2.24, 2.45) is 0 Å². The molecule has 0 spiro atoms. The zero-order valence-corrected chi connectivity index (χ0v) is 35.1. The number of esters is 2. The van der Waals surface area contributed by atoms with Gasteiger partial charge in [-0.05, 0) is 51.4 Å². The van der Waals surface area contributed by atoms with Gasteiger partial charge in [-0.3, -0.25) is 9.59 Å². The number of nitrogens with zero attached hydrogens (tertiary/aromatic N) is 1. The number of likely N-dealkylation sites (N-methyl/N-ethyl adjacent to an activating group) is 1. The third kappa shape index (κ3) is 34.8. The lowest BCUT2D eigenvalue weighted by atomic mass is 10.0. The fourth-order valence-corrected chi connectivity index (χ4v) is 5.93. The van der Waals surface area contributed by atoms with Crippen LogP contribution in [0.5, 0.6) is 0 Å². The minimum Gasteiger partial charge on any atom is -0.544 e. The number of allylic oxidation sites excluding steroid dienone is 9. The average Bonchev–Trinajstić information content (AvgIpc) is 3.12. The third-order valence-electron chi connectivity index (χ3n) is 9.18. The maximum absolute atomic E-state index is 12.7. The molecule has 310 valence electrons. The van der Waals surface area contributed by atoms with E-state index in [0.717, 1.165) is 51.4 Å². The van der Waals surface area contributed by atoms with Crippen molar-refractivity contribution in [3.63, 3.8) is 0 Å². The maximum Gasteiger partial charge on any atom is 0.309 e. The maximum atomic E-state index is 12.7. The normalized spacial score (nSPS) is 13.6. The van der Waals surface area contributed by atoms with Crippen LogP contribution in [0.3, 0.4) is 0 Å². The zero-order chi connectivity index (χ0) is 40.0. The van der Waals surface area contributed by atoms with Gasteiger partial charge in [0, 0.05) is 12.8 Å². The predicted molar refractivity (Wildman–Crippen MR) is 222 cm³/mol. The molecule has 54 heavy (non-hydrogen) atoms. The van der Waals surface area contributed by atoms with Crippen LogP contribution in [-0.2, 0) is 28.6 Å². The molecule has 0 bridgehead atoms. The summed E-state index contributed by atoms with van der Waals surface area (Å²) in [6.07, 6.45) is 44.4. The minimum atomic E-state index is -1.14. The molecule has 0 saturated carbocycles. The molecule has 2 atom stereocenters. The zero-order valence-electron chi connectivity index (χ0n) is 35.1. The second kappa shape index (κ2) is 37.0. The van der Waals surface area contributed by atoms with E-state index in [4.69, 9.17) is 14.2 Å². The summed E-state index contributed by atoms with van der Waals surface area (Å²) in [4.78, 5) is 36.6. The fraction of sp³-hybridized carbons (Fsp3) is 0.717. The Morgan fingerprint density at radius 2 is 1.04 bits per heavy atom. The molecule has 0 aromatic heterocycles. The number of carbonyl (C=O) groups excluding carboxylic acids is 3. The first kappa shape index (κ1) is 51.0. The van der Waals surface area contributed by atoms with Crippen molar-refractivity contribution in [3.8, 4) is 0 Å². The van der Waals surface area contributed by atoms with E-state index in [1.54, 1.807) is 27.2 Å². The molecule has 0 rings (SSSR count). The van der Waals surface area contributed by atoms with Crippen molar-refractivity contribution < 1.29 is 38.2 Å². The van der Waals surface area contributed by atoms with Gasteiger partial charge >= 0.3 is 11.9 Å². The van der Waals surface area contributed by atoms with Gasteiger partial charge in [0.1, 0.15) is 12.6 Å². The molecule has 0 heterocycles. The van der Waals surface area contributed by atoms with Gasteiger partial charge in [-0.1, -0.05) is 152 Å². The van der Waals surface area contributed by atoms with Crippen molar-refractivity contribution in [1.82, 2.24) is 0 Å². The number of quaternary nitrogens is 1. The highest BCUT2D eigenvalue weighted by Gasteiger charge is 2.25. The summed E-state index contributed by atoms with van der Waals surface area (Å²) in [5.74, 6) is -1.89. The molecule has 0 fully saturated rings. The van der Waals surface area contributed by atoms with Gasteiger partial charge in [-0.2, -0.15) is 0 Å². The number of ether oxygens (including phenoxy) is 3. The van der Waals surface area contributed by atoms with Crippen LogP contribution < -0.4 is 5.11 Å². The Labute approximate surface area is 330 Å². The molecule has 0 N–H and O–H groups in total. The van der Waals surface area contributed by atoms with Crippen LogP contribution in [0.4, 0.5) is 0 Å². The Balaban J connectivity index is 4.28. The van der Waals surface area contributed by atoms with Crippen molar-refractivity contribution in [2.75, 3.05) is 41.0 Å². The highest BCUT2D eigenvalue weighted by Crippen LogP contribution is 2.15. The molecule has 0 amide bonds. The number of carbonyl (C=O) groups is 3. The largest absolute Gasteiger partial charge is 0.544 e. The van der Waals surface area contributed by atoms with E-state index in [2.05, 4.69) is 62.5 Å². The van der Waals surface area contributed by atoms with Gasteiger partial charge in [0.15, 0.2) is 6.10 Å². The lowest BCUT2D eigenvalue weighted by Gasteiger charge is -2.34. The summed E-state index contributed by atoms with van der Waals surface area (Å²) in [5.41, 5.74) is 0. The number of hydrogen-bond acceptors (Lipinski definition) is 7. The Kier molecular flexibility index (Phi) is 34.9. The minimum absolute atomic E-state index is 0.0124. The van der Waals surface area contributed by atoms with Gasteiger partial charge in [0.05, 0.1) is 46.7 Å². The van der Waals surface area contributed by atoms with Crippen molar-refractivity contribution in [1.29, 1.82) is 0 Å². The van der Waals surface area contributed by atoms with E-state index in [1.807, 2.05) is 6.08 Å². The average molecular weight is 758 g/mol. The SMILES string of the molecule is CC/C=C/C/C=C/C/C=C/CC(=O)OCC(COCCC(C(=O)[O-])[N+](C)(C)C)OC(=O)CCCCCCCCCCCCCCCC/C=C/C/C=C/CC. The highest BCUT2D eigenvalue weighted by molar-refractivity contribution is 5.71. The van der Waals surface area contributed by atoms with Crippen LogP contribution in [0.2, 0.25) is 0 Å². The number of rotatable bonds is 37. The Bertz CT molecular complexity index is 1070. The van der Waals surface area contributed by atoms with Crippen LogP contribution in [-0.4, -0.2) is 75.5 Å². The number of hydrogen-bond donors (Lipinski definition) is 0. The van der Waals surface area contributed by atoms with E-state index in [-0.39, 0.29) is 43.1 Å². The first-order valence-electron chi connectivity index (χ1n) is 21.3. The van der Waals surface area contributed by atoms with Crippen molar-refractivity contribution >= 4 is 17.9 Å². The van der Waals surface area contributed by atoms with Gasteiger partial charge < -0.3 is 28.6 Å². The summed E-state index contributed by atoms with van der Waals surface area (Å²) in [5, 5.41) is 11.6. The lowest BCUT2D eigenvalue weighted by Crippen LogP contribution is -2.55. The molecule has 8 nitrogen and oxygen atoms in total. The topological polar surface area (TPSA) is 102 Å². The summed E-state index contributed by atoms with van der Waals surface area (Å²) in [6, 6.07) is -0.737. The van der Waals surface area contributed by atoms with Crippen molar-refractivity contribution in [2.45, 2.75) is 174 Å². The molecule has 0 aromatic rings. The molecule has 0 radical (unpaired) electrons. The highest BCUT2D eigenvalue weighted by atomic mass is 16.6. The van der Waals surface area contributed by atoms with Gasteiger partial charge in [0.25, 0.3) is 0 Å². The van der Waals surface area contributed by atoms with Crippen molar-refractivity contribution in [3.05, 3.63) is 60.8 Å². The Hall–Kier alpha value is -2.97. The summed E-state index contributed by atoms with van der Waals surface area (Å²) in [6.45, 7) is 4.32. The first-order valence-corrected chi connectivity index (χ1v) is 21.3. The lowest BCUT2D eigenvalue weighted by molar-refractivity contribution is -0.889. The number of carboxylic acids is 1. The van der Waals surface area contributed by atoms with Crippen LogP contribution in [0.1, 0.15) is 162 Å². The molecule has 0 aliphatic rings. The molecule has 0 aromatic carbocycles. The van der Waals surface area contributed by atoms with Crippen LogP contribution in [0, 0.1) is 0 Å². The predicted octanol–water partition coefficient (Wildman–Crippen LogP) is 10.1. The monoisotopic (exact) mass is 758 g/mol. The third-order valence-corrected chi connectivity index (χ3v) is 9.18. The number of aliphatic carboxylic acids is 1. The molecule has 0 aliphatic carbocycles. The number of unbranched alkanes of at least 4 members (excludes halogenated alkanes) is 14. The standard InChI is InChI=1S/C46H79NO7/c1-6-8-10-12-14-16-17-18-19-20-21-22-23-24-25-26-27-29-31-33-35-37-45(49)54-42(40-52-39-38-43(46(50)51)47(3,4)5)41-53-44(48)36-34-32-30-28-15-13-11-9-7-2/h8-11,14-16,28,32,34,42-43H,6-7,12-13,17-27,29-31,33,35-41H2,1-5H3/b10-8+,11-9+,16-14+,28-15+,34-32+. The van der Waals surface area contributed by atoms with E-state index in [1.165, 1.54) is 77.0 Å². The van der Waals surface area contributed by atoms with Gasteiger partial charge in [0.2, 0.25) is 0 Å². The molecule has 2 unspecified atom stereocenters. The molecular weight excluding hydrogens is 679 g/mol. The van der Waals surface area contributed by atoms with Crippen LogP contribution in [0.25, 0.3) is 0 Å². The second-order valence-corrected chi connectivity index (χ2v) is 15.2. The van der Waals surface area contributed by atoms with E-state index < -0.39 is 24.1 Å². The Morgan fingerprint density at radius 3 is 1.54 bits per heavy atom. The molecular formula is C46H79NO7. The van der Waals surface area contributed by atoms with Gasteiger partial charge in [-0.25, -0.2) is 0 Å². The first-order chi connectivity index (χ1) is 26.1. The van der Waals surface area contributed by atoms with E-state index in [0.29, 0.717) is 6.42 Å². The van der Waals surface area contributed by atoms with Crippen LogP contribution in [0.15, 0.2) is 60.8 Å². The number of carboxylic acid groups (broad SMARTS) is 1. The summed E-state index contributed by atoms with van der Waals surface area (Å²) in [7, 11) is 5.37. The molecule has 0 saturated heterocycles. The second-order valence-electron chi connectivity index (χ2n) is 15.2. The molecule has 0 aliphatic heterocycles. The van der Waals surface area contributed by atoms with E-state index >= 15 is 0 Å². The smallest absolute Gasteiger partial charge is 0.309 e. The Morgan fingerprint density at radius 1 is 0.574 bits per heavy atom. The fourth-order valence-electron chi connectivity index (χ4n) is 5.93. The summed E-state index contributed by atoms with van der Waals surface area (Å²) >= 11 is 0. The van der Waals surface area contributed by atoms with E-state index in [9.17, 15) is 19.5 Å². The van der Waals surface area contributed by atoms with Crippen LogP contribution >= 0.6 is 0 Å². The molecule has 8 heteroatoms. The summed E-state index contributed by atoms with van der Waals surface area (Å²) < 4.78 is 17.0. The quantitative estimate of drug-likeness (QED) is 0.0269.